The highest BCUT2D eigenvalue weighted by Gasteiger charge is 2.24. The number of hydrogen-bond acceptors (Lipinski definition) is 6. The first-order chi connectivity index (χ1) is 11.0. The third-order valence-electron chi connectivity index (χ3n) is 3.88. The Labute approximate surface area is 140 Å². The molecule has 2 aromatic rings. The first-order valence-corrected chi connectivity index (χ1v) is 10.2. The van der Waals surface area contributed by atoms with Crippen molar-refractivity contribution in [3.05, 3.63) is 24.5 Å². The molecule has 9 heteroatoms. The van der Waals surface area contributed by atoms with Gasteiger partial charge in [-0.3, -0.25) is 0 Å². The van der Waals surface area contributed by atoms with E-state index in [1.54, 1.807) is 33.0 Å². The number of piperazine rings is 1. The van der Waals surface area contributed by atoms with Gasteiger partial charge in [0.05, 0.1) is 5.75 Å². The molecule has 0 amide bonds. The van der Waals surface area contributed by atoms with Crippen molar-refractivity contribution in [3.8, 4) is 0 Å². The van der Waals surface area contributed by atoms with Crippen molar-refractivity contribution in [2.45, 2.75) is 11.4 Å². The maximum atomic E-state index is 12.3. The molecule has 0 aliphatic carbocycles. The van der Waals surface area contributed by atoms with Gasteiger partial charge in [0.1, 0.15) is 5.03 Å². The van der Waals surface area contributed by atoms with Gasteiger partial charge in [0.25, 0.3) is 0 Å². The highest BCUT2D eigenvalue weighted by molar-refractivity contribution is 7.99. The zero-order valence-electron chi connectivity index (χ0n) is 13.1. The average Bonchev–Trinajstić information content (AvgIpc) is 3.00. The molecule has 0 N–H and O–H groups in total. The number of imidazole rings is 1. The third kappa shape index (κ3) is 4.23. The molecular formula is C14H21N5O2S2. The van der Waals surface area contributed by atoms with E-state index in [0.717, 1.165) is 29.5 Å². The Kier molecular flexibility index (Phi) is 5.20. The van der Waals surface area contributed by atoms with Crippen molar-refractivity contribution in [2.24, 2.45) is 0 Å². The van der Waals surface area contributed by atoms with Gasteiger partial charge in [0, 0.05) is 44.3 Å². The normalized spacial score (nSPS) is 17.8. The van der Waals surface area contributed by atoms with Gasteiger partial charge < -0.3 is 4.90 Å². The molecule has 23 heavy (non-hydrogen) atoms. The number of thioether (sulfide) groups is 1. The predicted octanol–water partition coefficient (Wildman–Crippen LogP) is 0.789. The Morgan fingerprint density at radius 2 is 2.00 bits per heavy atom. The van der Waals surface area contributed by atoms with E-state index in [0.29, 0.717) is 19.5 Å². The Hall–Kier alpha value is -1.16. The molecule has 7 nitrogen and oxygen atoms in total. The van der Waals surface area contributed by atoms with E-state index in [4.69, 9.17) is 0 Å². The zero-order chi connectivity index (χ0) is 16.3. The van der Waals surface area contributed by atoms with Crippen LogP contribution in [0.3, 0.4) is 0 Å². The number of hydrogen-bond donors (Lipinski definition) is 0. The molecule has 2 aromatic heterocycles. The Bertz CT molecular complexity index is 753. The van der Waals surface area contributed by atoms with Gasteiger partial charge in [0.2, 0.25) is 10.0 Å². The smallest absolute Gasteiger partial charge is 0.214 e. The van der Waals surface area contributed by atoms with Crippen LogP contribution in [-0.2, 0) is 10.0 Å². The average molecular weight is 355 g/mol. The third-order valence-corrected chi connectivity index (χ3v) is 6.85. The Balaban J connectivity index is 1.47. The Morgan fingerprint density at radius 1 is 1.22 bits per heavy atom. The molecule has 0 radical (unpaired) electrons. The highest BCUT2D eigenvalue weighted by atomic mass is 32.2. The first-order valence-electron chi connectivity index (χ1n) is 7.64. The summed E-state index contributed by atoms with van der Waals surface area (Å²) in [6, 6.07) is 3.83. The first kappa shape index (κ1) is 16.7. The molecule has 0 saturated carbocycles. The van der Waals surface area contributed by atoms with Crippen LogP contribution in [0.5, 0.6) is 0 Å². The monoisotopic (exact) mass is 355 g/mol. The van der Waals surface area contributed by atoms with Gasteiger partial charge in [-0.05, 0) is 25.6 Å². The Morgan fingerprint density at radius 3 is 2.78 bits per heavy atom. The summed E-state index contributed by atoms with van der Waals surface area (Å²) in [6.45, 7) is 2.82. The van der Waals surface area contributed by atoms with Crippen LogP contribution in [0.25, 0.3) is 5.65 Å². The number of rotatable bonds is 6. The van der Waals surface area contributed by atoms with Gasteiger partial charge in [-0.2, -0.15) is 9.40 Å². The summed E-state index contributed by atoms with van der Waals surface area (Å²) >= 11 is 1.58. The lowest BCUT2D eigenvalue weighted by atomic mass is 10.4. The molecule has 0 bridgehead atoms. The minimum Gasteiger partial charge on any atom is -0.304 e. The molecule has 0 spiro atoms. The van der Waals surface area contributed by atoms with Crippen LogP contribution in [0.2, 0.25) is 0 Å². The minimum atomic E-state index is -3.13. The van der Waals surface area contributed by atoms with Crippen LogP contribution < -0.4 is 0 Å². The van der Waals surface area contributed by atoms with Crippen molar-refractivity contribution in [1.29, 1.82) is 0 Å². The van der Waals surface area contributed by atoms with Crippen molar-refractivity contribution < 1.29 is 8.42 Å². The summed E-state index contributed by atoms with van der Waals surface area (Å²) in [5.74, 6) is 0.942. The summed E-state index contributed by atoms with van der Waals surface area (Å²) < 4.78 is 28.0. The number of likely N-dealkylation sites (N-methyl/N-ethyl adjacent to an activating group) is 1. The molecule has 1 fully saturated rings. The van der Waals surface area contributed by atoms with E-state index >= 15 is 0 Å². The van der Waals surface area contributed by atoms with Crippen molar-refractivity contribution in [1.82, 2.24) is 23.8 Å². The molecule has 0 unspecified atom stereocenters. The molecule has 3 heterocycles. The fourth-order valence-electron chi connectivity index (χ4n) is 2.49. The van der Waals surface area contributed by atoms with Gasteiger partial charge in [-0.25, -0.2) is 17.9 Å². The van der Waals surface area contributed by atoms with Crippen LogP contribution in [0.15, 0.2) is 29.6 Å². The minimum absolute atomic E-state index is 0.205. The van der Waals surface area contributed by atoms with Crippen molar-refractivity contribution in [2.75, 3.05) is 44.7 Å². The summed E-state index contributed by atoms with van der Waals surface area (Å²) in [5, 5.41) is 5.30. The van der Waals surface area contributed by atoms with Crippen LogP contribution in [0.4, 0.5) is 0 Å². The summed E-state index contributed by atoms with van der Waals surface area (Å²) in [7, 11) is -1.11. The lowest BCUT2D eigenvalue weighted by Gasteiger charge is -2.31. The van der Waals surface area contributed by atoms with Gasteiger partial charge in [0.15, 0.2) is 5.65 Å². The molecule has 3 rings (SSSR count). The molecule has 0 atom stereocenters. The van der Waals surface area contributed by atoms with E-state index in [2.05, 4.69) is 15.0 Å². The lowest BCUT2D eigenvalue weighted by molar-refractivity contribution is 0.222. The van der Waals surface area contributed by atoms with Crippen LogP contribution in [0.1, 0.15) is 6.42 Å². The van der Waals surface area contributed by atoms with E-state index in [1.165, 1.54) is 0 Å². The van der Waals surface area contributed by atoms with Crippen molar-refractivity contribution in [3.63, 3.8) is 0 Å². The summed E-state index contributed by atoms with van der Waals surface area (Å²) in [4.78, 5) is 6.30. The number of nitrogens with zero attached hydrogens (tertiary/aromatic N) is 5. The molecule has 0 aromatic carbocycles. The van der Waals surface area contributed by atoms with Crippen LogP contribution >= 0.6 is 11.8 Å². The molecule has 1 aliphatic rings. The zero-order valence-corrected chi connectivity index (χ0v) is 14.8. The number of fused-ring (bicyclic) bond motifs is 1. The van der Waals surface area contributed by atoms with Crippen LogP contribution in [0, 0.1) is 0 Å². The summed E-state index contributed by atoms with van der Waals surface area (Å²) in [5.41, 5.74) is 0.812. The topological polar surface area (TPSA) is 70.8 Å². The highest BCUT2D eigenvalue weighted by Crippen LogP contribution is 2.17. The molecular weight excluding hydrogens is 334 g/mol. The van der Waals surface area contributed by atoms with Gasteiger partial charge >= 0.3 is 0 Å². The van der Waals surface area contributed by atoms with Gasteiger partial charge in [-0.1, -0.05) is 0 Å². The second-order valence-electron chi connectivity index (χ2n) is 5.62. The second-order valence-corrected chi connectivity index (χ2v) is 8.83. The lowest BCUT2D eigenvalue weighted by Crippen LogP contribution is -2.47. The van der Waals surface area contributed by atoms with Crippen molar-refractivity contribution >= 4 is 27.4 Å². The quantitative estimate of drug-likeness (QED) is 0.564. The summed E-state index contributed by atoms with van der Waals surface area (Å²) in [6.07, 6.45) is 4.14. The molecule has 126 valence electrons. The van der Waals surface area contributed by atoms with E-state index in [-0.39, 0.29) is 5.75 Å². The maximum Gasteiger partial charge on any atom is 0.214 e. The van der Waals surface area contributed by atoms with E-state index in [1.807, 2.05) is 19.2 Å². The van der Waals surface area contributed by atoms with E-state index < -0.39 is 10.0 Å². The largest absolute Gasteiger partial charge is 0.304 e. The van der Waals surface area contributed by atoms with Crippen LogP contribution in [-0.4, -0.2) is 77.0 Å². The molecule has 1 saturated heterocycles. The predicted molar refractivity (Wildman–Crippen MR) is 91.2 cm³/mol. The number of sulfonamides is 1. The standard InChI is InChI=1S/C14H21N5O2S2/c1-17-7-9-18(10-8-17)23(20,21)12-2-11-22-14-4-3-13-15-5-6-19(13)16-14/h3-6H,2,7-12H2,1H3. The van der Waals surface area contributed by atoms with E-state index in [9.17, 15) is 8.42 Å². The maximum absolute atomic E-state index is 12.3. The molecule has 1 aliphatic heterocycles. The fourth-order valence-corrected chi connectivity index (χ4v) is 4.97. The second kappa shape index (κ2) is 7.16. The SMILES string of the molecule is CN1CCN(S(=O)(=O)CCCSc2ccc3nccn3n2)CC1. The number of aromatic nitrogens is 3. The van der Waals surface area contributed by atoms with Gasteiger partial charge in [-0.15, -0.1) is 11.8 Å². The fraction of sp³-hybridized carbons (Fsp3) is 0.571.